The number of carbonyl (C=O) groups is 1. The first-order valence-corrected chi connectivity index (χ1v) is 9.83. The number of piperazine rings is 1. The summed E-state index contributed by atoms with van der Waals surface area (Å²) >= 11 is 1.59. The summed E-state index contributed by atoms with van der Waals surface area (Å²) < 4.78 is 43.0. The van der Waals surface area contributed by atoms with Crippen LogP contribution >= 0.6 is 11.9 Å². The molecule has 1 saturated heterocycles. The van der Waals surface area contributed by atoms with E-state index >= 15 is 0 Å². The van der Waals surface area contributed by atoms with Gasteiger partial charge in [0.25, 0.3) is 0 Å². The van der Waals surface area contributed by atoms with Crippen LogP contribution in [-0.4, -0.2) is 47.4 Å². The Bertz CT molecular complexity index is 846. The van der Waals surface area contributed by atoms with E-state index in [0.29, 0.717) is 0 Å². The van der Waals surface area contributed by atoms with Crippen LogP contribution in [-0.2, 0) is 11.2 Å². The van der Waals surface area contributed by atoms with Gasteiger partial charge < -0.3 is 14.7 Å². The highest BCUT2D eigenvalue weighted by Crippen LogP contribution is 2.31. The van der Waals surface area contributed by atoms with E-state index in [-0.39, 0.29) is 18.2 Å². The zero-order valence-corrected chi connectivity index (χ0v) is 16.5. The second-order valence-electron chi connectivity index (χ2n) is 6.79. The Kier molecular flexibility index (Phi) is 6.59. The van der Waals surface area contributed by atoms with Gasteiger partial charge in [-0.2, -0.15) is 0 Å². The Morgan fingerprint density at radius 1 is 1.21 bits per heavy atom. The maximum absolute atomic E-state index is 12.3. The quantitative estimate of drug-likeness (QED) is 0.690. The zero-order valence-electron chi connectivity index (χ0n) is 15.7. The molecule has 1 fully saturated rings. The largest absolute Gasteiger partial charge is 0.573 e. The van der Waals surface area contributed by atoms with Gasteiger partial charge in [-0.3, -0.25) is 4.79 Å². The number of hydrogen-bond donors (Lipinski definition) is 1. The third-order valence-corrected chi connectivity index (χ3v) is 5.72. The van der Waals surface area contributed by atoms with Crippen molar-refractivity contribution < 1.29 is 27.8 Å². The molecule has 0 bridgehead atoms. The molecule has 0 spiro atoms. The second kappa shape index (κ2) is 8.96. The molecule has 29 heavy (non-hydrogen) atoms. The molecule has 1 aliphatic rings. The number of hydrogen-bond acceptors (Lipinski definition) is 5. The fourth-order valence-electron chi connectivity index (χ4n) is 3.19. The molecule has 1 heterocycles. The first-order chi connectivity index (χ1) is 13.7. The molecule has 156 valence electrons. The van der Waals surface area contributed by atoms with E-state index < -0.39 is 12.3 Å². The Morgan fingerprint density at radius 2 is 1.93 bits per heavy atom. The number of rotatable bonds is 6. The number of anilines is 1. The van der Waals surface area contributed by atoms with Gasteiger partial charge in [-0.1, -0.05) is 12.1 Å². The lowest BCUT2D eigenvalue weighted by Gasteiger charge is -2.40. The molecule has 1 N–H and O–H groups in total. The van der Waals surface area contributed by atoms with E-state index in [0.717, 1.165) is 35.8 Å². The summed E-state index contributed by atoms with van der Waals surface area (Å²) in [5, 5.41) is 8.95. The zero-order chi connectivity index (χ0) is 21.0. The van der Waals surface area contributed by atoms with Crippen molar-refractivity contribution in [2.75, 3.05) is 24.5 Å². The Labute approximate surface area is 171 Å². The highest BCUT2D eigenvalue weighted by Gasteiger charge is 2.31. The van der Waals surface area contributed by atoms with Crippen LogP contribution in [0.1, 0.15) is 12.5 Å². The van der Waals surface area contributed by atoms with E-state index in [9.17, 15) is 18.0 Å². The normalized spacial score (nSPS) is 17.9. The predicted octanol–water partition coefficient (Wildman–Crippen LogP) is 4.43. The summed E-state index contributed by atoms with van der Waals surface area (Å²) in [5.74, 6) is -1.09. The van der Waals surface area contributed by atoms with Crippen molar-refractivity contribution >= 4 is 23.6 Å². The topological polar surface area (TPSA) is 53.0 Å². The van der Waals surface area contributed by atoms with E-state index in [1.165, 1.54) is 12.1 Å². The minimum atomic E-state index is -4.69. The molecule has 2 aromatic carbocycles. The van der Waals surface area contributed by atoms with Crippen molar-refractivity contribution in [3.8, 4) is 5.75 Å². The lowest BCUT2D eigenvalue weighted by molar-refractivity contribution is -0.274. The van der Waals surface area contributed by atoms with Gasteiger partial charge in [0, 0.05) is 36.3 Å². The minimum Gasteiger partial charge on any atom is -0.481 e. The maximum atomic E-state index is 12.3. The van der Waals surface area contributed by atoms with Crippen LogP contribution in [0.5, 0.6) is 5.75 Å². The molecule has 1 aliphatic heterocycles. The average molecular weight is 426 g/mol. The molecule has 0 saturated carbocycles. The fourth-order valence-corrected chi connectivity index (χ4v) is 4.23. The predicted molar refractivity (Wildman–Crippen MR) is 105 cm³/mol. The summed E-state index contributed by atoms with van der Waals surface area (Å²) in [7, 11) is 0. The van der Waals surface area contributed by atoms with Crippen molar-refractivity contribution in [1.29, 1.82) is 0 Å². The number of benzene rings is 2. The van der Waals surface area contributed by atoms with Gasteiger partial charge >= 0.3 is 12.3 Å². The van der Waals surface area contributed by atoms with Gasteiger partial charge in [0.1, 0.15) is 5.75 Å². The van der Waals surface area contributed by atoms with Crippen molar-refractivity contribution in [3.05, 3.63) is 54.1 Å². The molecular formula is C20H21F3N2O3S. The monoisotopic (exact) mass is 426 g/mol. The van der Waals surface area contributed by atoms with Crippen molar-refractivity contribution in [2.45, 2.75) is 30.6 Å². The van der Waals surface area contributed by atoms with Crippen LogP contribution in [0.25, 0.3) is 0 Å². The molecule has 1 atom stereocenters. The van der Waals surface area contributed by atoms with Gasteiger partial charge in [0.15, 0.2) is 0 Å². The molecule has 0 amide bonds. The Morgan fingerprint density at radius 3 is 2.55 bits per heavy atom. The summed E-state index contributed by atoms with van der Waals surface area (Å²) in [6.07, 6.45) is -4.70. The Hall–Kier alpha value is -2.39. The molecule has 9 heteroatoms. The first-order valence-electron chi connectivity index (χ1n) is 9.06. The fraction of sp³-hybridized carbons (Fsp3) is 0.350. The number of ether oxygens (including phenoxy) is 1. The molecule has 5 nitrogen and oxygen atoms in total. The number of carboxylic acids is 1. The van der Waals surface area contributed by atoms with Gasteiger partial charge in [-0.25, -0.2) is 4.31 Å². The molecule has 0 aromatic heterocycles. The number of carboxylic acid groups (broad SMARTS) is 1. The summed E-state index contributed by atoms with van der Waals surface area (Å²) in [5.41, 5.74) is 1.61. The van der Waals surface area contributed by atoms with E-state index in [2.05, 4.69) is 20.9 Å². The highest BCUT2D eigenvalue weighted by atomic mass is 32.2. The minimum absolute atomic E-state index is 0.00816. The standard InChI is InChI=1S/C20H21F3N2O3S/c1-14-13-24(16-5-7-17(8-6-16)28-20(21,22)23)9-10-25(14)29-18-4-2-3-15(11-18)12-19(26)27/h2-8,11,14H,9-10,12-13H2,1H3,(H,26,27). The SMILES string of the molecule is CC1CN(c2ccc(OC(F)(F)F)cc2)CCN1Sc1cccc(CC(=O)O)c1. The second-order valence-corrected chi connectivity index (χ2v) is 7.91. The molecule has 3 rings (SSSR count). The van der Waals surface area contributed by atoms with Gasteiger partial charge in [0.05, 0.1) is 6.42 Å². The third-order valence-electron chi connectivity index (χ3n) is 4.48. The van der Waals surface area contributed by atoms with Crippen molar-refractivity contribution in [3.63, 3.8) is 0 Å². The van der Waals surface area contributed by atoms with Crippen LogP contribution in [0.4, 0.5) is 18.9 Å². The van der Waals surface area contributed by atoms with Gasteiger partial charge in [-0.05, 0) is 60.8 Å². The van der Waals surface area contributed by atoms with Crippen LogP contribution in [0.15, 0.2) is 53.4 Å². The van der Waals surface area contributed by atoms with Crippen LogP contribution < -0.4 is 9.64 Å². The molecule has 0 aliphatic carbocycles. The summed E-state index contributed by atoms with van der Waals surface area (Å²) in [4.78, 5) is 14.0. The van der Waals surface area contributed by atoms with Crippen molar-refractivity contribution in [2.24, 2.45) is 0 Å². The smallest absolute Gasteiger partial charge is 0.481 e. The van der Waals surface area contributed by atoms with Crippen molar-refractivity contribution in [1.82, 2.24) is 4.31 Å². The molecule has 1 unspecified atom stereocenters. The third kappa shape index (κ3) is 6.30. The lowest BCUT2D eigenvalue weighted by Crippen LogP contribution is -2.49. The van der Waals surface area contributed by atoms with E-state index in [1.54, 1.807) is 30.1 Å². The van der Waals surface area contributed by atoms with Crippen LogP contribution in [0, 0.1) is 0 Å². The summed E-state index contributed by atoms with van der Waals surface area (Å²) in [6, 6.07) is 13.6. The summed E-state index contributed by atoms with van der Waals surface area (Å²) in [6.45, 7) is 4.30. The molecular weight excluding hydrogens is 405 g/mol. The van der Waals surface area contributed by atoms with Crippen LogP contribution in [0.3, 0.4) is 0 Å². The number of aliphatic carboxylic acids is 1. The Balaban J connectivity index is 1.58. The maximum Gasteiger partial charge on any atom is 0.573 e. The van der Waals surface area contributed by atoms with E-state index in [1.807, 2.05) is 18.2 Å². The van der Waals surface area contributed by atoms with E-state index in [4.69, 9.17) is 5.11 Å². The molecule has 2 aromatic rings. The number of nitrogens with zero attached hydrogens (tertiary/aromatic N) is 2. The molecule has 0 radical (unpaired) electrons. The van der Waals surface area contributed by atoms with Crippen LogP contribution in [0.2, 0.25) is 0 Å². The first kappa shape index (κ1) is 21.3. The highest BCUT2D eigenvalue weighted by molar-refractivity contribution is 7.97. The number of halogens is 3. The average Bonchev–Trinajstić information content (AvgIpc) is 2.62. The lowest BCUT2D eigenvalue weighted by atomic mass is 10.2. The van der Waals surface area contributed by atoms with Gasteiger partial charge in [-0.15, -0.1) is 13.2 Å². The van der Waals surface area contributed by atoms with Gasteiger partial charge in [0.2, 0.25) is 0 Å². The number of alkyl halides is 3.